The lowest BCUT2D eigenvalue weighted by Crippen LogP contribution is -2.50. The first-order valence-electron chi connectivity index (χ1n) is 7.70. The first-order chi connectivity index (χ1) is 10.7. The number of rotatable bonds is 5. The molecule has 1 unspecified atom stereocenters. The second-order valence-corrected chi connectivity index (χ2v) is 5.76. The third-order valence-electron chi connectivity index (χ3n) is 4.22. The molecule has 1 saturated heterocycles. The molecular formula is C16H21N3O3. The molecule has 0 aromatic heterocycles. The van der Waals surface area contributed by atoms with Crippen LogP contribution in [0, 0.1) is 0 Å². The van der Waals surface area contributed by atoms with E-state index in [1.807, 2.05) is 12.1 Å². The van der Waals surface area contributed by atoms with Crippen molar-refractivity contribution in [3.63, 3.8) is 0 Å². The summed E-state index contributed by atoms with van der Waals surface area (Å²) in [5.74, 6) is 0.513. The van der Waals surface area contributed by atoms with Crippen molar-refractivity contribution in [2.75, 3.05) is 13.2 Å². The fourth-order valence-electron chi connectivity index (χ4n) is 3.07. The number of carbonyl (C=O) groups excluding carboxylic acids is 2. The van der Waals surface area contributed by atoms with Crippen molar-refractivity contribution in [1.29, 1.82) is 0 Å². The highest BCUT2D eigenvalue weighted by Gasteiger charge is 2.35. The van der Waals surface area contributed by atoms with Crippen molar-refractivity contribution >= 4 is 11.8 Å². The van der Waals surface area contributed by atoms with Gasteiger partial charge in [0.2, 0.25) is 11.8 Å². The molecule has 0 spiro atoms. The van der Waals surface area contributed by atoms with E-state index >= 15 is 0 Å². The second kappa shape index (κ2) is 6.46. The van der Waals surface area contributed by atoms with E-state index in [9.17, 15) is 9.59 Å². The highest BCUT2D eigenvalue weighted by atomic mass is 16.5. The molecule has 3 N–H and O–H groups in total. The van der Waals surface area contributed by atoms with Gasteiger partial charge in [0.25, 0.3) is 0 Å². The molecule has 2 heterocycles. The predicted molar refractivity (Wildman–Crippen MR) is 81.0 cm³/mol. The molecule has 6 heteroatoms. The van der Waals surface area contributed by atoms with Gasteiger partial charge in [0.1, 0.15) is 5.75 Å². The van der Waals surface area contributed by atoms with Gasteiger partial charge < -0.3 is 10.5 Å². The SMILES string of the molecule is NCCCOc1cccc2c1CN(C1CCC(=O)NC1=O)C2. The van der Waals surface area contributed by atoms with E-state index in [-0.39, 0.29) is 17.9 Å². The van der Waals surface area contributed by atoms with E-state index in [0.29, 0.717) is 32.5 Å². The number of amides is 2. The highest BCUT2D eigenvalue weighted by molar-refractivity contribution is 6.00. The lowest BCUT2D eigenvalue weighted by atomic mass is 10.0. The summed E-state index contributed by atoms with van der Waals surface area (Å²) in [7, 11) is 0. The maximum Gasteiger partial charge on any atom is 0.243 e. The molecule has 0 saturated carbocycles. The minimum Gasteiger partial charge on any atom is -0.493 e. The van der Waals surface area contributed by atoms with E-state index in [1.54, 1.807) is 0 Å². The van der Waals surface area contributed by atoms with Crippen LogP contribution >= 0.6 is 0 Å². The van der Waals surface area contributed by atoms with Crippen molar-refractivity contribution in [1.82, 2.24) is 10.2 Å². The van der Waals surface area contributed by atoms with Crippen LogP contribution in [-0.2, 0) is 22.7 Å². The third kappa shape index (κ3) is 2.98. The summed E-state index contributed by atoms with van der Waals surface area (Å²) in [5, 5.41) is 2.42. The summed E-state index contributed by atoms with van der Waals surface area (Å²) in [6.07, 6.45) is 1.81. The van der Waals surface area contributed by atoms with E-state index in [0.717, 1.165) is 24.3 Å². The zero-order valence-corrected chi connectivity index (χ0v) is 12.5. The Balaban J connectivity index is 1.71. The average molecular weight is 303 g/mol. The number of nitrogens with one attached hydrogen (secondary N) is 1. The van der Waals surface area contributed by atoms with Crippen molar-refractivity contribution in [2.24, 2.45) is 5.73 Å². The lowest BCUT2D eigenvalue weighted by molar-refractivity contribution is -0.137. The predicted octanol–water partition coefficient (Wildman–Crippen LogP) is 0.535. The smallest absolute Gasteiger partial charge is 0.243 e. The molecule has 1 aromatic rings. The summed E-state index contributed by atoms with van der Waals surface area (Å²) in [6.45, 7) is 2.61. The van der Waals surface area contributed by atoms with Gasteiger partial charge in [-0.25, -0.2) is 0 Å². The van der Waals surface area contributed by atoms with Crippen LogP contribution in [-0.4, -0.2) is 35.9 Å². The quantitative estimate of drug-likeness (QED) is 0.612. The molecule has 2 aliphatic rings. The van der Waals surface area contributed by atoms with Gasteiger partial charge in [-0.05, 0) is 31.0 Å². The number of benzene rings is 1. The van der Waals surface area contributed by atoms with Gasteiger partial charge in [-0.15, -0.1) is 0 Å². The first kappa shape index (κ1) is 15.0. The van der Waals surface area contributed by atoms with Crippen molar-refractivity contribution in [3.8, 4) is 5.75 Å². The fraction of sp³-hybridized carbons (Fsp3) is 0.500. The zero-order chi connectivity index (χ0) is 15.5. The largest absolute Gasteiger partial charge is 0.493 e. The van der Waals surface area contributed by atoms with Gasteiger partial charge >= 0.3 is 0 Å². The molecule has 1 fully saturated rings. The van der Waals surface area contributed by atoms with Crippen LogP contribution in [0.3, 0.4) is 0 Å². The zero-order valence-electron chi connectivity index (χ0n) is 12.5. The molecule has 6 nitrogen and oxygen atoms in total. The normalized spacial score (nSPS) is 21.6. The van der Waals surface area contributed by atoms with E-state index in [2.05, 4.69) is 16.3 Å². The van der Waals surface area contributed by atoms with Gasteiger partial charge in [-0.1, -0.05) is 12.1 Å². The molecule has 0 aliphatic carbocycles. The summed E-state index contributed by atoms with van der Waals surface area (Å²) in [6, 6.07) is 5.77. The van der Waals surface area contributed by atoms with Crippen LogP contribution in [0.4, 0.5) is 0 Å². The molecule has 0 radical (unpaired) electrons. The summed E-state index contributed by atoms with van der Waals surface area (Å²) >= 11 is 0. The second-order valence-electron chi connectivity index (χ2n) is 5.76. The summed E-state index contributed by atoms with van der Waals surface area (Å²) in [4.78, 5) is 25.4. The first-order valence-corrected chi connectivity index (χ1v) is 7.70. The Bertz CT molecular complexity index is 588. The van der Waals surface area contributed by atoms with Crippen LogP contribution in [0.25, 0.3) is 0 Å². The Labute approximate surface area is 129 Å². The van der Waals surface area contributed by atoms with Crippen LogP contribution in [0.5, 0.6) is 5.75 Å². The minimum absolute atomic E-state index is 0.177. The van der Waals surface area contributed by atoms with Crippen molar-refractivity contribution in [3.05, 3.63) is 29.3 Å². The Kier molecular flexibility index (Phi) is 4.40. The lowest BCUT2D eigenvalue weighted by Gasteiger charge is -2.29. The minimum atomic E-state index is -0.234. The molecular weight excluding hydrogens is 282 g/mol. The van der Waals surface area contributed by atoms with Gasteiger partial charge in [-0.2, -0.15) is 0 Å². The highest BCUT2D eigenvalue weighted by Crippen LogP contribution is 2.33. The van der Waals surface area contributed by atoms with Crippen LogP contribution in [0.1, 0.15) is 30.4 Å². The van der Waals surface area contributed by atoms with E-state index < -0.39 is 0 Å². The van der Waals surface area contributed by atoms with E-state index in [4.69, 9.17) is 10.5 Å². The standard InChI is InChI=1S/C16H21N3O3/c17-7-2-8-22-14-4-1-3-11-9-19(10-12(11)14)13-5-6-15(20)18-16(13)21/h1,3-4,13H,2,5-10,17H2,(H,18,20,21). The van der Waals surface area contributed by atoms with Crippen LogP contribution in [0.2, 0.25) is 0 Å². The number of carbonyl (C=O) groups is 2. The Morgan fingerprint density at radius 1 is 1.32 bits per heavy atom. The average Bonchev–Trinajstić information content (AvgIpc) is 2.92. The number of hydrogen-bond acceptors (Lipinski definition) is 5. The summed E-state index contributed by atoms with van der Waals surface area (Å²) < 4.78 is 5.81. The van der Waals surface area contributed by atoms with Crippen molar-refractivity contribution in [2.45, 2.75) is 38.4 Å². The molecule has 1 atom stereocenters. The topological polar surface area (TPSA) is 84.7 Å². The van der Waals surface area contributed by atoms with E-state index in [1.165, 1.54) is 5.56 Å². The Morgan fingerprint density at radius 2 is 2.18 bits per heavy atom. The number of piperidine rings is 1. The molecule has 0 bridgehead atoms. The van der Waals surface area contributed by atoms with Gasteiger partial charge in [0.05, 0.1) is 12.6 Å². The molecule has 3 rings (SSSR count). The van der Waals surface area contributed by atoms with Crippen molar-refractivity contribution < 1.29 is 14.3 Å². The maximum absolute atomic E-state index is 12.0. The van der Waals surface area contributed by atoms with Gasteiger partial charge in [0, 0.05) is 25.1 Å². The number of fused-ring (bicyclic) bond motifs is 1. The van der Waals surface area contributed by atoms with Crippen LogP contribution < -0.4 is 15.8 Å². The molecule has 2 amide bonds. The number of imide groups is 1. The monoisotopic (exact) mass is 303 g/mol. The number of hydrogen-bond donors (Lipinski definition) is 2. The van der Waals surface area contributed by atoms with Gasteiger partial charge in [-0.3, -0.25) is 19.8 Å². The molecule has 22 heavy (non-hydrogen) atoms. The molecule has 118 valence electrons. The summed E-state index contributed by atoms with van der Waals surface area (Å²) in [5.41, 5.74) is 7.82. The molecule has 1 aromatic carbocycles. The molecule has 2 aliphatic heterocycles. The van der Waals surface area contributed by atoms with Gasteiger partial charge in [0.15, 0.2) is 0 Å². The maximum atomic E-state index is 12.0. The Hall–Kier alpha value is -1.92. The number of nitrogens with zero attached hydrogens (tertiary/aromatic N) is 1. The van der Waals surface area contributed by atoms with Crippen LogP contribution in [0.15, 0.2) is 18.2 Å². The Morgan fingerprint density at radius 3 is 2.95 bits per heavy atom. The number of ether oxygens (including phenoxy) is 1. The number of nitrogens with two attached hydrogens (primary N) is 1. The fourth-order valence-corrected chi connectivity index (χ4v) is 3.07. The third-order valence-corrected chi connectivity index (χ3v) is 4.22.